The lowest BCUT2D eigenvalue weighted by Crippen LogP contribution is -1.81. The molecule has 0 aliphatic heterocycles. The molecule has 3 rings (SSSR count). The molecule has 0 aliphatic carbocycles. The third kappa shape index (κ3) is 2.34. The molecule has 19 heavy (non-hydrogen) atoms. The molecule has 0 N–H and O–H groups in total. The molecule has 0 amide bonds. The lowest BCUT2D eigenvalue weighted by molar-refractivity contribution is 0.441. The summed E-state index contributed by atoms with van der Waals surface area (Å²) in [6, 6.07) is 17.8. The van der Waals surface area contributed by atoms with E-state index in [-0.39, 0.29) is 7.43 Å². The number of nitriles is 1. The number of fused-ring (bicyclic) bond motifs is 1. The normalized spacial score (nSPS) is 9.84. The quantitative estimate of drug-likeness (QED) is 0.685. The summed E-state index contributed by atoms with van der Waals surface area (Å²) in [5.41, 5.74) is 2.79. The lowest BCUT2D eigenvalue weighted by atomic mass is 10.1. The molecule has 94 valence electrons. The van der Waals surface area contributed by atoms with Gasteiger partial charge in [0.2, 0.25) is 0 Å². The summed E-state index contributed by atoms with van der Waals surface area (Å²) in [6.07, 6.45) is 0.398. The maximum Gasteiger partial charge on any atom is 0.174 e. The zero-order valence-corrected chi connectivity index (χ0v) is 9.63. The summed E-state index contributed by atoms with van der Waals surface area (Å²) < 4.78 is 5.40. The van der Waals surface area contributed by atoms with Crippen molar-refractivity contribution in [3.05, 3.63) is 54.1 Å². The van der Waals surface area contributed by atoms with Crippen molar-refractivity contribution in [3.8, 4) is 17.4 Å². The Morgan fingerprint density at radius 3 is 2.63 bits per heavy atom. The molecule has 2 aromatic carbocycles. The van der Waals surface area contributed by atoms with Crippen LogP contribution in [0, 0.1) is 11.3 Å². The molecule has 0 unspecified atom stereocenters. The smallest absolute Gasteiger partial charge is 0.174 e. The largest absolute Gasteiger partial charge is 0.355 e. The first-order chi connectivity index (χ1) is 8.88. The molecule has 0 bridgehead atoms. The molecule has 0 radical (unpaired) electrons. The van der Waals surface area contributed by atoms with Crippen molar-refractivity contribution >= 4 is 10.9 Å². The van der Waals surface area contributed by atoms with Crippen LogP contribution in [-0.4, -0.2) is 5.16 Å². The fourth-order valence-corrected chi connectivity index (χ4v) is 1.99. The number of rotatable bonds is 2. The van der Waals surface area contributed by atoms with Gasteiger partial charge >= 0.3 is 0 Å². The Labute approximate surface area is 112 Å². The molecule has 0 saturated carbocycles. The van der Waals surface area contributed by atoms with Gasteiger partial charge in [-0.2, -0.15) is 5.26 Å². The number of aromatic nitrogens is 1. The highest BCUT2D eigenvalue weighted by Gasteiger charge is 2.10. The van der Waals surface area contributed by atoms with Gasteiger partial charge in [0.15, 0.2) is 5.76 Å². The van der Waals surface area contributed by atoms with E-state index in [4.69, 9.17) is 9.78 Å². The molecule has 3 aromatic rings. The van der Waals surface area contributed by atoms with Gasteiger partial charge in [-0.1, -0.05) is 49.0 Å². The van der Waals surface area contributed by atoms with Crippen LogP contribution in [0.4, 0.5) is 0 Å². The molecule has 3 nitrogen and oxygen atoms in total. The van der Waals surface area contributed by atoms with Crippen LogP contribution in [0.3, 0.4) is 0 Å². The van der Waals surface area contributed by atoms with Crippen LogP contribution < -0.4 is 0 Å². The fraction of sp³-hybridized carbons (Fsp3) is 0.125. The van der Waals surface area contributed by atoms with Crippen LogP contribution >= 0.6 is 0 Å². The lowest BCUT2D eigenvalue weighted by Gasteiger charge is -1.97. The van der Waals surface area contributed by atoms with Crippen LogP contribution in [0.1, 0.15) is 13.0 Å². The third-order valence-electron chi connectivity index (χ3n) is 2.86. The van der Waals surface area contributed by atoms with Crippen molar-refractivity contribution < 1.29 is 4.52 Å². The predicted octanol–water partition coefficient (Wildman–Crippen LogP) is 4.20. The van der Waals surface area contributed by atoms with Crippen molar-refractivity contribution in [2.45, 2.75) is 13.8 Å². The van der Waals surface area contributed by atoms with E-state index in [1.54, 1.807) is 0 Å². The van der Waals surface area contributed by atoms with Crippen LogP contribution in [0.25, 0.3) is 22.2 Å². The number of hydrogen-bond acceptors (Lipinski definition) is 3. The van der Waals surface area contributed by atoms with Crippen LogP contribution in [0.2, 0.25) is 0 Å². The van der Waals surface area contributed by atoms with Gasteiger partial charge in [0.05, 0.1) is 17.9 Å². The van der Waals surface area contributed by atoms with Gasteiger partial charge in [0.1, 0.15) is 5.52 Å². The Morgan fingerprint density at radius 2 is 1.89 bits per heavy atom. The summed E-state index contributed by atoms with van der Waals surface area (Å²) in [6.45, 7) is 0. The van der Waals surface area contributed by atoms with Gasteiger partial charge in [0, 0.05) is 5.56 Å². The van der Waals surface area contributed by atoms with E-state index in [1.807, 2.05) is 48.5 Å². The van der Waals surface area contributed by atoms with Crippen molar-refractivity contribution in [2.24, 2.45) is 0 Å². The van der Waals surface area contributed by atoms with Crippen LogP contribution in [0.15, 0.2) is 53.1 Å². The number of benzene rings is 2. The first kappa shape index (κ1) is 12.8. The van der Waals surface area contributed by atoms with E-state index < -0.39 is 0 Å². The summed E-state index contributed by atoms with van der Waals surface area (Å²) in [5, 5.41) is 13.7. The second-order valence-corrected chi connectivity index (χ2v) is 4.06. The maximum absolute atomic E-state index is 8.74. The van der Waals surface area contributed by atoms with Gasteiger partial charge in [-0.25, -0.2) is 0 Å². The fourth-order valence-electron chi connectivity index (χ4n) is 1.99. The zero-order chi connectivity index (χ0) is 12.4. The second kappa shape index (κ2) is 5.36. The molecule has 3 heteroatoms. The van der Waals surface area contributed by atoms with E-state index in [9.17, 15) is 0 Å². The summed E-state index contributed by atoms with van der Waals surface area (Å²) in [7, 11) is 0. The minimum atomic E-state index is 0. The van der Waals surface area contributed by atoms with Gasteiger partial charge in [-0.05, 0) is 17.7 Å². The monoisotopic (exact) mass is 250 g/mol. The molecule has 1 aromatic heterocycles. The molecule has 0 spiro atoms. The van der Waals surface area contributed by atoms with Crippen molar-refractivity contribution in [2.75, 3.05) is 0 Å². The van der Waals surface area contributed by atoms with E-state index in [0.29, 0.717) is 6.42 Å². The average Bonchev–Trinajstić information content (AvgIpc) is 2.83. The Morgan fingerprint density at radius 1 is 1.11 bits per heavy atom. The van der Waals surface area contributed by atoms with Gasteiger partial charge in [-0.3, -0.25) is 0 Å². The number of hydrogen-bond donors (Lipinski definition) is 0. The van der Waals surface area contributed by atoms with Gasteiger partial charge in [0.25, 0.3) is 0 Å². The van der Waals surface area contributed by atoms with Gasteiger partial charge < -0.3 is 4.52 Å². The summed E-state index contributed by atoms with van der Waals surface area (Å²) in [4.78, 5) is 0. The van der Waals surface area contributed by atoms with E-state index in [1.165, 1.54) is 0 Å². The third-order valence-corrected chi connectivity index (χ3v) is 2.86. The van der Waals surface area contributed by atoms with E-state index in [0.717, 1.165) is 27.8 Å². The summed E-state index contributed by atoms with van der Waals surface area (Å²) >= 11 is 0. The second-order valence-electron chi connectivity index (χ2n) is 4.06. The van der Waals surface area contributed by atoms with Crippen LogP contribution in [0.5, 0.6) is 0 Å². The number of nitrogens with zero attached hydrogens (tertiary/aromatic N) is 2. The standard InChI is InChI=1S/C15H10N2O.CH4/c16-9-8-11-6-7-14-13(10-11)15(18-17-14)12-4-2-1-3-5-12;/h1-7,10H,8H2;1H4. The molecule has 1 heterocycles. The highest BCUT2D eigenvalue weighted by Crippen LogP contribution is 2.29. The SMILES string of the molecule is C.N#CCc1ccc2noc(-c3ccccc3)c2c1. The zero-order valence-electron chi connectivity index (χ0n) is 9.63. The minimum absolute atomic E-state index is 0. The topological polar surface area (TPSA) is 49.8 Å². The molecule has 0 atom stereocenters. The van der Waals surface area contributed by atoms with Crippen molar-refractivity contribution in [1.29, 1.82) is 5.26 Å². The molecular weight excluding hydrogens is 236 g/mol. The molecule has 0 fully saturated rings. The predicted molar refractivity (Wildman–Crippen MR) is 75.5 cm³/mol. The summed E-state index contributed by atoms with van der Waals surface area (Å²) in [5.74, 6) is 0.755. The Hall–Kier alpha value is -2.60. The first-order valence-corrected chi connectivity index (χ1v) is 5.69. The van der Waals surface area contributed by atoms with E-state index >= 15 is 0 Å². The highest BCUT2D eigenvalue weighted by atomic mass is 16.5. The van der Waals surface area contributed by atoms with Gasteiger partial charge in [-0.15, -0.1) is 0 Å². The Kier molecular flexibility index (Phi) is 3.63. The first-order valence-electron chi connectivity index (χ1n) is 5.69. The minimum Gasteiger partial charge on any atom is -0.355 e. The average molecular weight is 250 g/mol. The molecular formula is C16H14N2O. The van der Waals surface area contributed by atoms with Crippen LogP contribution in [-0.2, 0) is 6.42 Å². The van der Waals surface area contributed by atoms with E-state index in [2.05, 4.69) is 11.2 Å². The molecule has 0 saturated heterocycles. The molecule has 0 aliphatic rings. The maximum atomic E-state index is 8.74. The van der Waals surface area contributed by atoms with Crippen molar-refractivity contribution in [3.63, 3.8) is 0 Å². The highest BCUT2D eigenvalue weighted by molar-refractivity contribution is 5.91. The van der Waals surface area contributed by atoms with Crippen molar-refractivity contribution in [1.82, 2.24) is 5.16 Å². The Bertz CT molecular complexity index is 723. The Balaban J connectivity index is 0.00000133.